The molecule has 0 spiro atoms. The topological polar surface area (TPSA) is 120 Å². The minimum absolute atomic E-state index is 0.0537. The zero-order valence-corrected chi connectivity index (χ0v) is 19.2. The second kappa shape index (κ2) is 9.82. The van der Waals surface area contributed by atoms with Crippen molar-refractivity contribution in [2.24, 2.45) is 0 Å². The zero-order valence-electron chi connectivity index (χ0n) is 17.6. The van der Waals surface area contributed by atoms with E-state index in [-0.39, 0.29) is 17.5 Å². The fourth-order valence-corrected chi connectivity index (χ4v) is 6.03. The van der Waals surface area contributed by atoms with E-state index in [1.165, 1.54) is 23.6 Å². The minimum Gasteiger partial charge on any atom is -0.449 e. The van der Waals surface area contributed by atoms with Gasteiger partial charge in [-0.15, -0.1) is 11.8 Å². The Morgan fingerprint density at radius 2 is 2.10 bits per heavy atom. The monoisotopic (exact) mass is 467 g/mol. The van der Waals surface area contributed by atoms with Gasteiger partial charge in [-0.05, 0) is 39.3 Å². The molecule has 2 aromatic rings. The molecule has 1 fully saturated rings. The summed E-state index contributed by atoms with van der Waals surface area (Å²) in [6, 6.07) is 6.53. The molecule has 1 aliphatic heterocycles. The molecular weight excluding hydrogens is 442 g/mol. The van der Waals surface area contributed by atoms with Crippen LogP contribution in [0.5, 0.6) is 0 Å². The Hall–Kier alpha value is -2.40. The predicted octanol–water partition coefficient (Wildman–Crippen LogP) is 2.25. The van der Waals surface area contributed by atoms with Crippen LogP contribution in [-0.4, -0.2) is 65.5 Å². The number of esters is 1. The van der Waals surface area contributed by atoms with Crippen LogP contribution in [0.4, 0.5) is 0 Å². The highest BCUT2D eigenvalue weighted by Gasteiger charge is 2.36. The SMILES string of the molecule is CCN(C(=O)[C@@H](C)OC(=O)c1ccccc1SCc1nc(C)no1)[C@@H]1CCS(=O)(=O)C1. The molecule has 1 aromatic heterocycles. The normalized spacial score (nSPS) is 18.5. The molecular formula is C20H25N3O6S2. The summed E-state index contributed by atoms with van der Waals surface area (Å²) in [5.41, 5.74) is 0.329. The number of hydrogen-bond donors (Lipinski definition) is 0. The molecule has 1 amide bonds. The van der Waals surface area contributed by atoms with Crippen LogP contribution < -0.4 is 0 Å². The second-order valence-corrected chi connectivity index (χ2v) is 10.5. The molecule has 2 heterocycles. The van der Waals surface area contributed by atoms with E-state index in [4.69, 9.17) is 9.26 Å². The third-order valence-electron chi connectivity index (χ3n) is 4.93. The first-order chi connectivity index (χ1) is 14.7. The number of rotatable bonds is 8. The lowest BCUT2D eigenvalue weighted by Crippen LogP contribution is -2.46. The largest absolute Gasteiger partial charge is 0.449 e. The van der Waals surface area contributed by atoms with Crippen LogP contribution >= 0.6 is 11.8 Å². The number of likely N-dealkylation sites (N-methyl/N-ethyl adjacent to an activating group) is 1. The molecule has 0 N–H and O–H groups in total. The number of aromatic nitrogens is 2. The van der Waals surface area contributed by atoms with Crippen molar-refractivity contribution in [1.82, 2.24) is 15.0 Å². The molecule has 0 aliphatic carbocycles. The summed E-state index contributed by atoms with van der Waals surface area (Å²) in [4.78, 5) is 31.9. The number of hydrogen-bond acceptors (Lipinski definition) is 9. The summed E-state index contributed by atoms with van der Waals surface area (Å²) in [5, 5.41) is 3.74. The van der Waals surface area contributed by atoms with Crippen LogP contribution in [0.2, 0.25) is 0 Å². The van der Waals surface area contributed by atoms with Crippen LogP contribution in [0, 0.1) is 6.92 Å². The van der Waals surface area contributed by atoms with Gasteiger partial charge in [0.2, 0.25) is 5.89 Å². The van der Waals surface area contributed by atoms with Crippen molar-refractivity contribution < 1.29 is 27.3 Å². The fraction of sp³-hybridized carbons (Fsp3) is 0.500. The second-order valence-electron chi connectivity index (χ2n) is 7.25. The molecule has 1 aromatic carbocycles. The number of carbonyl (C=O) groups is 2. The van der Waals surface area contributed by atoms with E-state index in [1.807, 2.05) is 0 Å². The van der Waals surface area contributed by atoms with Crippen molar-refractivity contribution in [2.45, 2.75) is 50.0 Å². The predicted molar refractivity (Wildman–Crippen MR) is 114 cm³/mol. The highest BCUT2D eigenvalue weighted by Crippen LogP contribution is 2.27. The maximum Gasteiger partial charge on any atom is 0.340 e. The molecule has 0 saturated carbocycles. The smallest absolute Gasteiger partial charge is 0.340 e. The van der Waals surface area contributed by atoms with E-state index >= 15 is 0 Å². The summed E-state index contributed by atoms with van der Waals surface area (Å²) < 4.78 is 34.1. The molecule has 168 valence electrons. The van der Waals surface area contributed by atoms with Crippen molar-refractivity contribution in [2.75, 3.05) is 18.1 Å². The van der Waals surface area contributed by atoms with E-state index in [0.717, 1.165) is 0 Å². The Labute approximate surface area is 185 Å². The van der Waals surface area contributed by atoms with Crippen LogP contribution in [-0.2, 0) is 25.1 Å². The number of ether oxygens (including phenoxy) is 1. The minimum atomic E-state index is -3.13. The van der Waals surface area contributed by atoms with Crippen molar-refractivity contribution in [3.63, 3.8) is 0 Å². The van der Waals surface area contributed by atoms with Crippen LogP contribution in [0.3, 0.4) is 0 Å². The number of nitrogens with zero attached hydrogens (tertiary/aromatic N) is 3. The first-order valence-electron chi connectivity index (χ1n) is 9.93. The average molecular weight is 468 g/mol. The molecule has 3 rings (SSSR count). The first kappa shape index (κ1) is 23.3. The molecule has 9 nitrogen and oxygen atoms in total. The molecule has 0 radical (unpaired) electrons. The van der Waals surface area contributed by atoms with Gasteiger partial charge in [0.15, 0.2) is 21.8 Å². The van der Waals surface area contributed by atoms with E-state index in [1.54, 1.807) is 38.1 Å². The van der Waals surface area contributed by atoms with Crippen LogP contribution in [0.25, 0.3) is 0 Å². The maximum atomic E-state index is 12.9. The van der Waals surface area contributed by atoms with Crippen LogP contribution in [0.1, 0.15) is 42.3 Å². The fourth-order valence-electron chi connectivity index (χ4n) is 3.42. The van der Waals surface area contributed by atoms with E-state index in [2.05, 4.69) is 10.1 Å². The lowest BCUT2D eigenvalue weighted by molar-refractivity contribution is -0.141. The first-order valence-corrected chi connectivity index (χ1v) is 12.7. The van der Waals surface area contributed by atoms with Crippen molar-refractivity contribution in [3.05, 3.63) is 41.5 Å². The van der Waals surface area contributed by atoms with Crippen molar-refractivity contribution in [1.29, 1.82) is 0 Å². The number of thioether (sulfide) groups is 1. The van der Waals surface area contributed by atoms with Crippen molar-refractivity contribution >= 4 is 33.5 Å². The van der Waals surface area contributed by atoms with E-state index < -0.39 is 27.8 Å². The molecule has 0 bridgehead atoms. The Balaban J connectivity index is 1.65. The molecule has 1 aliphatic rings. The van der Waals surface area contributed by atoms with Gasteiger partial charge in [0.25, 0.3) is 5.91 Å². The lowest BCUT2D eigenvalue weighted by atomic mass is 10.2. The van der Waals surface area contributed by atoms with E-state index in [9.17, 15) is 18.0 Å². The number of aryl methyl sites for hydroxylation is 1. The lowest BCUT2D eigenvalue weighted by Gasteiger charge is -2.29. The number of benzene rings is 1. The van der Waals surface area contributed by atoms with E-state index in [0.29, 0.717) is 40.9 Å². The highest BCUT2D eigenvalue weighted by atomic mass is 32.2. The third-order valence-corrected chi connectivity index (χ3v) is 7.74. The van der Waals surface area contributed by atoms with Gasteiger partial charge in [-0.1, -0.05) is 17.3 Å². The number of amides is 1. The van der Waals surface area contributed by atoms with Gasteiger partial charge >= 0.3 is 5.97 Å². The molecule has 1 saturated heterocycles. The average Bonchev–Trinajstić information content (AvgIpc) is 3.31. The molecule has 11 heteroatoms. The number of sulfone groups is 1. The summed E-state index contributed by atoms with van der Waals surface area (Å²) in [7, 11) is -3.13. The summed E-state index contributed by atoms with van der Waals surface area (Å²) in [6.45, 7) is 5.35. The van der Waals surface area contributed by atoms with Gasteiger partial charge < -0.3 is 14.2 Å². The zero-order chi connectivity index (χ0) is 22.6. The highest BCUT2D eigenvalue weighted by molar-refractivity contribution is 7.98. The maximum absolute atomic E-state index is 12.9. The Morgan fingerprint density at radius 3 is 2.71 bits per heavy atom. The Bertz CT molecular complexity index is 1050. The van der Waals surface area contributed by atoms with Gasteiger partial charge in [0.05, 0.1) is 22.8 Å². The molecule has 31 heavy (non-hydrogen) atoms. The summed E-state index contributed by atoms with van der Waals surface area (Å²) in [6.07, 6.45) is -0.635. The van der Waals surface area contributed by atoms with Gasteiger partial charge in [-0.25, -0.2) is 13.2 Å². The van der Waals surface area contributed by atoms with Gasteiger partial charge in [-0.2, -0.15) is 4.98 Å². The summed E-state index contributed by atoms with van der Waals surface area (Å²) >= 11 is 1.35. The van der Waals surface area contributed by atoms with Gasteiger partial charge in [0.1, 0.15) is 0 Å². The third kappa shape index (κ3) is 5.85. The Morgan fingerprint density at radius 1 is 1.35 bits per heavy atom. The number of carbonyl (C=O) groups excluding carboxylic acids is 2. The quantitative estimate of drug-likeness (QED) is 0.425. The standard InChI is InChI=1S/C20H25N3O6S2/c1-4-23(15-9-10-31(26,27)12-15)19(24)13(2)28-20(25)16-7-5-6-8-17(16)30-11-18-21-14(3)22-29-18/h5-8,13,15H,4,9-12H2,1-3H3/t13-,15-/m1/s1. The Kier molecular flexibility index (Phi) is 7.37. The molecule has 0 unspecified atom stereocenters. The summed E-state index contributed by atoms with van der Waals surface area (Å²) in [5.74, 6) is 0.358. The van der Waals surface area contributed by atoms with Crippen molar-refractivity contribution in [3.8, 4) is 0 Å². The molecule has 2 atom stereocenters. The van der Waals surface area contributed by atoms with Gasteiger partial charge in [-0.3, -0.25) is 4.79 Å². The van der Waals surface area contributed by atoms with Gasteiger partial charge in [0, 0.05) is 17.5 Å². The van der Waals surface area contributed by atoms with Crippen LogP contribution in [0.15, 0.2) is 33.7 Å².